The summed E-state index contributed by atoms with van der Waals surface area (Å²) in [6.07, 6.45) is 0. The molecular formula is C18H18FN5O2. The quantitative estimate of drug-likeness (QED) is 0.652. The van der Waals surface area contributed by atoms with Crippen LogP contribution in [0.4, 0.5) is 4.39 Å². The molecule has 0 radical (unpaired) electrons. The van der Waals surface area contributed by atoms with E-state index in [0.29, 0.717) is 41.1 Å². The van der Waals surface area contributed by atoms with Crippen LogP contribution in [0, 0.1) is 12.7 Å². The third-order valence-electron chi connectivity index (χ3n) is 4.57. The van der Waals surface area contributed by atoms with Gasteiger partial charge < -0.3 is 15.3 Å². The van der Waals surface area contributed by atoms with Crippen molar-refractivity contribution in [2.75, 3.05) is 26.2 Å². The van der Waals surface area contributed by atoms with E-state index >= 15 is 0 Å². The molecule has 3 heterocycles. The van der Waals surface area contributed by atoms with Crippen LogP contribution >= 0.6 is 0 Å². The van der Waals surface area contributed by atoms with Crippen molar-refractivity contribution in [3.63, 3.8) is 0 Å². The van der Waals surface area contributed by atoms with Crippen LogP contribution in [-0.4, -0.2) is 57.3 Å². The lowest BCUT2D eigenvalue weighted by atomic mass is 10.0. The molecule has 7 nitrogen and oxygen atoms in total. The number of hydrogen-bond donors (Lipinski definition) is 3. The largest absolute Gasteiger partial charge is 0.508 e. The van der Waals surface area contributed by atoms with Crippen molar-refractivity contribution in [3.05, 3.63) is 41.3 Å². The molecule has 3 aromatic rings. The summed E-state index contributed by atoms with van der Waals surface area (Å²) in [6.45, 7) is 4.51. The summed E-state index contributed by atoms with van der Waals surface area (Å²) in [6, 6.07) is 5.46. The molecule has 1 amide bonds. The molecule has 0 saturated carbocycles. The fraction of sp³-hybridized carbons (Fsp3) is 0.278. The minimum Gasteiger partial charge on any atom is -0.508 e. The third-order valence-corrected chi connectivity index (χ3v) is 4.57. The van der Waals surface area contributed by atoms with Crippen molar-refractivity contribution >= 4 is 16.9 Å². The molecule has 1 aromatic carbocycles. The highest BCUT2D eigenvalue weighted by atomic mass is 19.1. The number of hydrogen-bond acceptors (Lipinski definition) is 5. The van der Waals surface area contributed by atoms with Gasteiger partial charge in [-0.3, -0.25) is 9.89 Å². The van der Waals surface area contributed by atoms with Crippen molar-refractivity contribution in [1.29, 1.82) is 0 Å². The van der Waals surface area contributed by atoms with Gasteiger partial charge >= 0.3 is 0 Å². The number of halogens is 1. The van der Waals surface area contributed by atoms with Gasteiger partial charge in [0.15, 0.2) is 5.65 Å². The molecule has 26 heavy (non-hydrogen) atoms. The minimum atomic E-state index is -0.603. The first-order valence-electron chi connectivity index (χ1n) is 8.39. The summed E-state index contributed by atoms with van der Waals surface area (Å²) in [5.74, 6) is -0.890. The van der Waals surface area contributed by atoms with Gasteiger partial charge in [0.1, 0.15) is 11.6 Å². The average Bonchev–Trinajstić information content (AvgIpc) is 3.02. The van der Waals surface area contributed by atoms with Crippen LogP contribution < -0.4 is 5.32 Å². The van der Waals surface area contributed by atoms with E-state index in [4.69, 9.17) is 0 Å². The number of benzene rings is 1. The monoisotopic (exact) mass is 355 g/mol. The highest BCUT2D eigenvalue weighted by molar-refractivity contribution is 6.07. The summed E-state index contributed by atoms with van der Waals surface area (Å²) in [5.41, 5.74) is 2.09. The first-order valence-corrected chi connectivity index (χ1v) is 8.39. The lowest BCUT2D eigenvalue weighted by molar-refractivity contribution is 0.0737. The standard InChI is InChI=1S/C18H18FN5O2/c1-10-16-13(18(26)24-6-4-20-5-7-24)9-15(21-17(16)23-22-10)12-3-2-11(25)8-14(12)19/h2-3,8-9,20,25H,4-7H2,1H3,(H,21,22,23). The van der Waals surface area contributed by atoms with Crippen molar-refractivity contribution in [2.24, 2.45) is 0 Å². The molecule has 1 aliphatic rings. The lowest BCUT2D eigenvalue weighted by Gasteiger charge is -2.27. The zero-order chi connectivity index (χ0) is 18.3. The Hall–Kier alpha value is -3.00. The van der Waals surface area contributed by atoms with Gasteiger partial charge in [0, 0.05) is 37.8 Å². The van der Waals surface area contributed by atoms with E-state index in [1.165, 1.54) is 12.1 Å². The number of aromatic nitrogens is 3. The summed E-state index contributed by atoms with van der Waals surface area (Å²) < 4.78 is 14.3. The molecule has 0 spiro atoms. The van der Waals surface area contributed by atoms with Crippen LogP contribution in [0.3, 0.4) is 0 Å². The van der Waals surface area contributed by atoms with Crippen LogP contribution in [0.5, 0.6) is 5.75 Å². The highest BCUT2D eigenvalue weighted by Crippen LogP contribution is 2.29. The summed E-state index contributed by atoms with van der Waals surface area (Å²) in [4.78, 5) is 19.3. The summed E-state index contributed by atoms with van der Waals surface area (Å²) in [5, 5.41) is 20.3. The number of pyridine rings is 1. The van der Waals surface area contributed by atoms with E-state index in [0.717, 1.165) is 19.2 Å². The Morgan fingerprint density at radius 3 is 2.77 bits per heavy atom. The molecular weight excluding hydrogens is 337 g/mol. The number of phenols is 1. The van der Waals surface area contributed by atoms with E-state index in [2.05, 4.69) is 20.5 Å². The molecule has 134 valence electrons. The van der Waals surface area contributed by atoms with Crippen LogP contribution in [-0.2, 0) is 0 Å². The van der Waals surface area contributed by atoms with Crippen LogP contribution in [0.15, 0.2) is 24.3 Å². The Bertz CT molecular complexity index is 995. The maximum Gasteiger partial charge on any atom is 0.254 e. The number of aryl methyl sites for hydroxylation is 1. The number of carbonyl (C=O) groups is 1. The lowest BCUT2D eigenvalue weighted by Crippen LogP contribution is -2.46. The third kappa shape index (κ3) is 2.78. The number of phenolic OH excluding ortho intramolecular Hbond substituents is 1. The van der Waals surface area contributed by atoms with Gasteiger partial charge in [0.05, 0.1) is 22.3 Å². The van der Waals surface area contributed by atoms with Crippen LogP contribution in [0.25, 0.3) is 22.3 Å². The molecule has 0 unspecified atom stereocenters. The van der Waals surface area contributed by atoms with Gasteiger partial charge in [-0.05, 0) is 25.1 Å². The first-order chi connectivity index (χ1) is 12.5. The summed E-state index contributed by atoms with van der Waals surface area (Å²) >= 11 is 0. The number of fused-ring (bicyclic) bond motifs is 1. The normalized spacial score (nSPS) is 14.8. The zero-order valence-electron chi connectivity index (χ0n) is 14.2. The Labute approximate surface area is 148 Å². The number of rotatable bonds is 2. The van der Waals surface area contributed by atoms with E-state index in [-0.39, 0.29) is 17.2 Å². The fourth-order valence-corrected chi connectivity index (χ4v) is 3.24. The maximum absolute atomic E-state index is 14.3. The minimum absolute atomic E-state index is 0.121. The molecule has 2 aromatic heterocycles. The second-order valence-electron chi connectivity index (χ2n) is 6.29. The molecule has 1 fully saturated rings. The van der Waals surface area contributed by atoms with E-state index in [9.17, 15) is 14.3 Å². The average molecular weight is 355 g/mol. The topological polar surface area (TPSA) is 94.1 Å². The smallest absolute Gasteiger partial charge is 0.254 e. The molecule has 4 rings (SSSR count). The molecule has 1 aliphatic heterocycles. The van der Waals surface area contributed by atoms with E-state index in [1.807, 2.05) is 0 Å². The van der Waals surface area contributed by atoms with Crippen molar-refractivity contribution < 1.29 is 14.3 Å². The van der Waals surface area contributed by atoms with Gasteiger partial charge in [-0.15, -0.1) is 0 Å². The van der Waals surface area contributed by atoms with Gasteiger partial charge in [-0.25, -0.2) is 9.37 Å². The number of H-pyrrole nitrogens is 1. The van der Waals surface area contributed by atoms with Crippen molar-refractivity contribution in [1.82, 2.24) is 25.4 Å². The number of amides is 1. The van der Waals surface area contributed by atoms with Crippen molar-refractivity contribution in [3.8, 4) is 17.0 Å². The highest BCUT2D eigenvalue weighted by Gasteiger charge is 2.24. The number of nitrogens with zero attached hydrogens (tertiary/aromatic N) is 3. The number of aromatic hydroxyl groups is 1. The predicted molar refractivity (Wildman–Crippen MR) is 94.5 cm³/mol. The Balaban J connectivity index is 1.87. The number of piperazine rings is 1. The maximum atomic E-state index is 14.3. The molecule has 3 N–H and O–H groups in total. The predicted octanol–water partition coefficient (Wildman–Crippen LogP) is 1.82. The van der Waals surface area contributed by atoms with Gasteiger partial charge in [0.2, 0.25) is 0 Å². The van der Waals surface area contributed by atoms with Gasteiger partial charge in [0.25, 0.3) is 5.91 Å². The van der Waals surface area contributed by atoms with Gasteiger partial charge in [-0.1, -0.05) is 0 Å². The Kier molecular flexibility index (Phi) is 4.04. The van der Waals surface area contributed by atoms with Crippen LogP contribution in [0.1, 0.15) is 16.1 Å². The van der Waals surface area contributed by atoms with Crippen molar-refractivity contribution in [2.45, 2.75) is 6.92 Å². The summed E-state index contributed by atoms with van der Waals surface area (Å²) in [7, 11) is 0. The molecule has 0 bridgehead atoms. The zero-order valence-corrected chi connectivity index (χ0v) is 14.2. The number of carbonyl (C=O) groups excluding carboxylic acids is 1. The number of nitrogens with one attached hydrogen (secondary N) is 2. The second kappa shape index (κ2) is 6.38. The first kappa shape index (κ1) is 16.5. The fourth-order valence-electron chi connectivity index (χ4n) is 3.24. The number of aromatic amines is 1. The SMILES string of the molecule is Cc1n[nH]c2nc(-c3ccc(O)cc3F)cc(C(=O)N3CCNCC3)c12. The van der Waals surface area contributed by atoms with Crippen LogP contribution in [0.2, 0.25) is 0 Å². The molecule has 8 heteroatoms. The molecule has 0 atom stereocenters. The van der Waals surface area contributed by atoms with E-state index < -0.39 is 5.82 Å². The molecule has 0 aliphatic carbocycles. The Morgan fingerprint density at radius 1 is 1.27 bits per heavy atom. The molecule has 1 saturated heterocycles. The Morgan fingerprint density at radius 2 is 2.04 bits per heavy atom. The van der Waals surface area contributed by atoms with E-state index in [1.54, 1.807) is 17.9 Å². The second-order valence-corrected chi connectivity index (χ2v) is 6.29. The van der Waals surface area contributed by atoms with Gasteiger partial charge in [-0.2, -0.15) is 5.10 Å².